The smallest absolute Gasteiger partial charge is 0.366 e. The van der Waals surface area contributed by atoms with Crippen molar-refractivity contribution in [2.45, 2.75) is 24.7 Å². The average Bonchev–Trinajstić information content (AvgIpc) is 3.12. The van der Waals surface area contributed by atoms with E-state index in [-0.39, 0.29) is 17.4 Å². The van der Waals surface area contributed by atoms with Crippen molar-refractivity contribution in [3.8, 4) is 0 Å². The Hall–Kier alpha value is -3.51. The summed E-state index contributed by atoms with van der Waals surface area (Å²) in [5.41, 5.74) is 0.316. The van der Waals surface area contributed by atoms with E-state index < -0.39 is 30.7 Å². The number of amides is 3. The number of fused-ring (bicyclic) bond motifs is 3. The molecule has 0 spiro atoms. The fourth-order valence-electron chi connectivity index (χ4n) is 3.76. The van der Waals surface area contributed by atoms with Crippen LogP contribution in [0, 0.1) is 0 Å². The SMILES string of the molecule is Cn1cnc(NC(=O)N2C3=C(C=CC(C(=O)NCC(F)(F)F)N3)N3CC[C@H]2C3)cc1=O. The Morgan fingerprint density at radius 3 is 2.84 bits per heavy atom. The Kier molecular flexibility index (Phi) is 5.11. The van der Waals surface area contributed by atoms with Gasteiger partial charge in [0.25, 0.3) is 5.56 Å². The molecule has 1 aromatic rings. The molecule has 1 unspecified atom stereocenters. The Labute approximate surface area is 174 Å². The summed E-state index contributed by atoms with van der Waals surface area (Å²) in [5, 5.41) is 7.30. The highest BCUT2D eigenvalue weighted by Gasteiger charge is 2.42. The molecule has 2 atom stereocenters. The van der Waals surface area contributed by atoms with Gasteiger partial charge in [-0.25, -0.2) is 9.78 Å². The number of urea groups is 1. The maximum atomic E-state index is 13.0. The monoisotopic (exact) mass is 439 g/mol. The third kappa shape index (κ3) is 4.20. The first-order valence-electron chi connectivity index (χ1n) is 9.54. The molecule has 3 aliphatic heterocycles. The molecule has 0 aliphatic carbocycles. The minimum atomic E-state index is -4.53. The number of halogens is 3. The van der Waals surface area contributed by atoms with Crippen LogP contribution in [-0.4, -0.2) is 69.2 Å². The number of carbonyl (C=O) groups excluding carboxylic acids is 2. The van der Waals surface area contributed by atoms with E-state index in [1.54, 1.807) is 6.08 Å². The van der Waals surface area contributed by atoms with E-state index in [4.69, 9.17) is 0 Å². The lowest BCUT2D eigenvalue weighted by Gasteiger charge is -2.40. The molecule has 166 valence electrons. The molecule has 2 bridgehead atoms. The number of hydrogen-bond donors (Lipinski definition) is 3. The molecule has 0 radical (unpaired) electrons. The fraction of sp³-hybridized carbons (Fsp3) is 0.444. The van der Waals surface area contributed by atoms with Gasteiger partial charge in [0.15, 0.2) is 0 Å². The lowest BCUT2D eigenvalue weighted by Crippen LogP contribution is -2.56. The van der Waals surface area contributed by atoms with Crippen LogP contribution in [0.15, 0.2) is 40.9 Å². The minimum Gasteiger partial charge on any atom is -0.366 e. The molecule has 3 aliphatic rings. The molecule has 31 heavy (non-hydrogen) atoms. The zero-order valence-electron chi connectivity index (χ0n) is 16.4. The van der Waals surface area contributed by atoms with Gasteiger partial charge in [0.2, 0.25) is 5.91 Å². The molecule has 1 saturated heterocycles. The number of anilines is 1. The van der Waals surface area contributed by atoms with Crippen LogP contribution in [0.3, 0.4) is 0 Å². The molecule has 0 aromatic carbocycles. The van der Waals surface area contributed by atoms with Gasteiger partial charge in [0.05, 0.1) is 18.1 Å². The van der Waals surface area contributed by atoms with Crippen LogP contribution in [0.5, 0.6) is 0 Å². The summed E-state index contributed by atoms with van der Waals surface area (Å²) in [4.78, 5) is 44.5. The van der Waals surface area contributed by atoms with Crippen LogP contribution >= 0.6 is 0 Å². The Balaban J connectivity index is 1.54. The van der Waals surface area contributed by atoms with Gasteiger partial charge >= 0.3 is 12.2 Å². The molecule has 1 aromatic heterocycles. The standard InChI is InChI=1S/C18H20F3N7O3/c1-26-9-23-13(6-14(26)29)25-17(31)28-10-4-5-27(7-10)12-3-2-11(24-15(12)28)16(30)22-8-18(19,20)21/h2-3,6,9-11,24H,4-5,7-8H2,1H3,(H,22,30)(H,25,31)/t10-,11?/m0/s1. The van der Waals surface area contributed by atoms with E-state index in [2.05, 4.69) is 15.6 Å². The number of nitrogens with zero attached hydrogens (tertiary/aromatic N) is 4. The number of alkyl halides is 3. The van der Waals surface area contributed by atoms with Gasteiger partial charge in [0.1, 0.15) is 24.2 Å². The molecule has 0 saturated carbocycles. The average molecular weight is 439 g/mol. The van der Waals surface area contributed by atoms with Crippen molar-refractivity contribution in [3.63, 3.8) is 0 Å². The molecule has 3 N–H and O–H groups in total. The number of allylic oxidation sites excluding steroid dienone is 1. The quantitative estimate of drug-likeness (QED) is 0.615. The second-order valence-corrected chi connectivity index (χ2v) is 7.46. The van der Waals surface area contributed by atoms with E-state index in [0.29, 0.717) is 31.0 Å². The first-order chi connectivity index (χ1) is 14.6. The first kappa shape index (κ1) is 20.8. The van der Waals surface area contributed by atoms with Crippen molar-refractivity contribution in [1.82, 2.24) is 30.0 Å². The number of rotatable bonds is 3. The van der Waals surface area contributed by atoms with Crippen LogP contribution < -0.4 is 21.5 Å². The molecule has 13 heteroatoms. The highest BCUT2D eigenvalue weighted by Crippen LogP contribution is 2.33. The fourth-order valence-corrected chi connectivity index (χ4v) is 3.76. The molecule has 10 nitrogen and oxygen atoms in total. The second-order valence-electron chi connectivity index (χ2n) is 7.46. The van der Waals surface area contributed by atoms with Crippen molar-refractivity contribution in [1.29, 1.82) is 0 Å². The van der Waals surface area contributed by atoms with Crippen molar-refractivity contribution in [3.05, 3.63) is 46.4 Å². The van der Waals surface area contributed by atoms with Gasteiger partial charge in [-0.15, -0.1) is 0 Å². The Morgan fingerprint density at radius 2 is 2.13 bits per heavy atom. The highest BCUT2D eigenvalue weighted by molar-refractivity contribution is 5.91. The number of hydrogen-bond acceptors (Lipinski definition) is 6. The number of nitrogens with one attached hydrogen (secondary N) is 3. The van der Waals surface area contributed by atoms with Crippen molar-refractivity contribution in [2.24, 2.45) is 7.05 Å². The second kappa shape index (κ2) is 7.63. The molecular formula is C18H20F3N7O3. The summed E-state index contributed by atoms with van der Waals surface area (Å²) in [5.74, 6) is -0.465. The van der Waals surface area contributed by atoms with Crippen LogP contribution in [0.4, 0.5) is 23.8 Å². The van der Waals surface area contributed by atoms with Crippen molar-refractivity contribution < 1.29 is 22.8 Å². The number of dihydropyridines is 1. The molecular weight excluding hydrogens is 419 g/mol. The Bertz CT molecular complexity index is 1030. The number of aromatic nitrogens is 2. The van der Waals surface area contributed by atoms with E-state index in [0.717, 1.165) is 0 Å². The van der Waals surface area contributed by atoms with Gasteiger partial charge in [-0.2, -0.15) is 13.2 Å². The van der Waals surface area contributed by atoms with Gasteiger partial charge in [-0.1, -0.05) is 6.08 Å². The van der Waals surface area contributed by atoms with Gasteiger partial charge < -0.3 is 20.1 Å². The topological polar surface area (TPSA) is 112 Å². The predicted molar refractivity (Wildman–Crippen MR) is 102 cm³/mol. The summed E-state index contributed by atoms with van der Waals surface area (Å²) in [6.07, 6.45) is 0.507. The Morgan fingerprint density at radius 1 is 1.35 bits per heavy atom. The normalized spacial score (nSPS) is 22.2. The summed E-state index contributed by atoms with van der Waals surface area (Å²) >= 11 is 0. The van der Waals surface area contributed by atoms with E-state index >= 15 is 0 Å². The van der Waals surface area contributed by atoms with Crippen molar-refractivity contribution in [2.75, 3.05) is 25.0 Å². The molecule has 4 rings (SSSR count). The van der Waals surface area contributed by atoms with Crippen molar-refractivity contribution >= 4 is 17.8 Å². The van der Waals surface area contributed by atoms with Crippen LogP contribution in [0.25, 0.3) is 0 Å². The van der Waals surface area contributed by atoms with E-state index in [1.165, 1.54) is 35.0 Å². The number of carbonyl (C=O) groups is 2. The predicted octanol–water partition coefficient (Wildman–Crippen LogP) is 0.0777. The van der Waals surface area contributed by atoms with Gasteiger partial charge in [-0.3, -0.25) is 19.8 Å². The lowest BCUT2D eigenvalue weighted by molar-refractivity contribution is -0.138. The van der Waals surface area contributed by atoms with Crippen LogP contribution in [-0.2, 0) is 11.8 Å². The maximum Gasteiger partial charge on any atom is 0.405 e. The summed E-state index contributed by atoms with van der Waals surface area (Å²) < 4.78 is 38.5. The zero-order chi connectivity index (χ0) is 22.3. The molecule has 3 amide bonds. The van der Waals surface area contributed by atoms with E-state index in [1.807, 2.05) is 10.2 Å². The van der Waals surface area contributed by atoms with Gasteiger partial charge in [0, 0.05) is 26.2 Å². The lowest BCUT2D eigenvalue weighted by atomic mass is 10.1. The maximum absolute atomic E-state index is 13.0. The largest absolute Gasteiger partial charge is 0.405 e. The third-order valence-corrected chi connectivity index (χ3v) is 5.27. The minimum absolute atomic E-state index is 0.0708. The van der Waals surface area contributed by atoms with Gasteiger partial charge in [-0.05, 0) is 12.5 Å². The summed E-state index contributed by atoms with van der Waals surface area (Å²) in [6.45, 7) is -0.182. The van der Waals surface area contributed by atoms with Crippen LogP contribution in [0.2, 0.25) is 0 Å². The van der Waals surface area contributed by atoms with E-state index in [9.17, 15) is 27.6 Å². The summed E-state index contributed by atoms with van der Waals surface area (Å²) in [6, 6.07) is -0.655. The third-order valence-electron chi connectivity index (χ3n) is 5.27. The summed E-state index contributed by atoms with van der Waals surface area (Å²) in [7, 11) is 1.53. The first-order valence-corrected chi connectivity index (χ1v) is 9.54. The molecule has 1 fully saturated rings. The zero-order valence-corrected chi connectivity index (χ0v) is 16.4. The molecule has 4 heterocycles. The van der Waals surface area contributed by atoms with Crippen LogP contribution in [0.1, 0.15) is 6.42 Å². The highest BCUT2D eigenvalue weighted by atomic mass is 19.4. The number of aryl methyl sites for hydroxylation is 1.